The molecule has 0 spiro atoms. The van der Waals surface area contributed by atoms with Crippen molar-refractivity contribution in [2.24, 2.45) is 0 Å². The summed E-state index contributed by atoms with van der Waals surface area (Å²) < 4.78 is 5.58. The number of pyridine rings is 1. The molecule has 0 amide bonds. The highest BCUT2D eigenvalue weighted by atomic mass is 35.5. The van der Waals surface area contributed by atoms with Gasteiger partial charge in [-0.15, -0.1) is 0 Å². The van der Waals surface area contributed by atoms with Crippen molar-refractivity contribution in [3.05, 3.63) is 35.0 Å². The molecule has 86 valence electrons. The number of nitrogens with zero attached hydrogens (tertiary/aromatic N) is 2. The van der Waals surface area contributed by atoms with Crippen LogP contribution in [-0.2, 0) is 0 Å². The van der Waals surface area contributed by atoms with Crippen LogP contribution in [0.25, 0.3) is 10.9 Å². The Morgan fingerprint density at radius 2 is 2.12 bits per heavy atom. The zero-order valence-electron chi connectivity index (χ0n) is 9.57. The molecule has 2 aromatic rings. The first-order valence-electron chi connectivity index (χ1n) is 5.27. The van der Waals surface area contributed by atoms with Crippen molar-refractivity contribution in [3.8, 4) is 11.8 Å². The molecule has 1 heterocycles. The fourth-order valence-electron chi connectivity index (χ4n) is 1.55. The van der Waals surface area contributed by atoms with E-state index in [2.05, 4.69) is 4.98 Å². The van der Waals surface area contributed by atoms with E-state index in [9.17, 15) is 0 Å². The first-order chi connectivity index (χ1) is 8.10. The lowest BCUT2D eigenvalue weighted by atomic mass is 10.1. The Morgan fingerprint density at radius 1 is 1.35 bits per heavy atom. The van der Waals surface area contributed by atoms with Crippen LogP contribution in [0, 0.1) is 11.3 Å². The van der Waals surface area contributed by atoms with Crippen molar-refractivity contribution in [2.45, 2.75) is 20.0 Å². The number of aromatic nitrogens is 1. The third-order valence-corrected chi connectivity index (χ3v) is 2.52. The van der Waals surface area contributed by atoms with Crippen molar-refractivity contribution >= 4 is 22.5 Å². The molecule has 0 aliphatic heterocycles. The molecule has 1 aromatic carbocycles. The minimum absolute atomic E-state index is 0.114. The fourth-order valence-corrected chi connectivity index (χ4v) is 1.74. The van der Waals surface area contributed by atoms with Crippen molar-refractivity contribution in [3.63, 3.8) is 0 Å². The van der Waals surface area contributed by atoms with Crippen molar-refractivity contribution < 1.29 is 4.74 Å². The average Bonchev–Trinajstić information content (AvgIpc) is 2.28. The second-order valence-corrected chi connectivity index (χ2v) is 4.32. The number of rotatable bonds is 2. The van der Waals surface area contributed by atoms with Crippen molar-refractivity contribution in [2.75, 3.05) is 0 Å². The van der Waals surface area contributed by atoms with Crippen LogP contribution < -0.4 is 4.74 Å². The first kappa shape index (κ1) is 11.7. The number of nitriles is 1. The maximum Gasteiger partial charge on any atom is 0.147 e. The van der Waals surface area contributed by atoms with Gasteiger partial charge in [-0.1, -0.05) is 11.6 Å². The Balaban J connectivity index is 2.53. The summed E-state index contributed by atoms with van der Waals surface area (Å²) in [5.41, 5.74) is 1.13. The molecular weight excluding hydrogens is 236 g/mol. The predicted molar refractivity (Wildman–Crippen MR) is 67.2 cm³/mol. The number of ether oxygens (including phenoxy) is 1. The highest BCUT2D eigenvalue weighted by Crippen LogP contribution is 2.24. The van der Waals surface area contributed by atoms with Gasteiger partial charge in [-0.2, -0.15) is 5.26 Å². The molecule has 0 aliphatic rings. The van der Waals surface area contributed by atoms with Gasteiger partial charge in [-0.25, -0.2) is 4.98 Å². The normalized spacial score (nSPS) is 10.5. The lowest BCUT2D eigenvalue weighted by molar-refractivity contribution is 0.243. The largest absolute Gasteiger partial charge is 0.491 e. The molecule has 0 saturated carbocycles. The Hall–Kier alpha value is -1.79. The van der Waals surface area contributed by atoms with E-state index in [-0.39, 0.29) is 11.3 Å². The molecule has 3 nitrogen and oxygen atoms in total. The highest BCUT2D eigenvalue weighted by molar-refractivity contribution is 6.31. The molecule has 0 radical (unpaired) electrons. The van der Waals surface area contributed by atoms with Crippen LogP contribution in [0.5, 0.6) is 5.75 Å². The highest BCUT2D eigenvalue weighted by Gasteiger charge is 2.06. The zero-order chi connectivity index (χ0) is 12.4. The summed E-state index contributed by atoms with van der Waals surface area (Å²) >= 11 is 5.86. The third-order valence-electron chi connectivity index (χ3n) is 2.23. The zero-order valence-corrected chi connectivity index (χ0v) is 10.3. The van der Waals surface area contributed by atoms with E-state index in [1.165, 1.54) is 0 Å². The van der Waals surface area contributed by atoms with Gasteiger partial charge in [0.25, 0.3) is 0 Å². The minimum Gasteiger partial charge on any atom is -0.491 e. The van der Waals surface area contributed by atoms with Gasteiger partial charge in [-0.05, 0) is 38.1 Å². The van der Waals surface area contributed by atoms with E-state index in [4.69, 9.17) is 21.6 Å². The standard InChI is InChI=1S/C13H11ClN2O/c1-8(2)17-11-3-4-12-9(6-11)5-10(7-15)13(14)16-12/h3-6,8H,1-2H3. The summed E-state index contributed by atoms with van der Waals surface area (Å²) in [6.07, 6.45) is 0.114. The van der Waals surface area contributed by atoms with E-state index >= 15 is 0 Å². The second-order valence-electron chi connectivity index (χ2n) is 3.96. The van der Waals surface area contributed by atoms with Crippen molar-refractivity contribution in [1.82, 2.24) is 4.98 Å². The van der Waals surface area contributed by atoms with Gasteiger partial charge in [-0.3, -0.25) is 0 Å². The van der Waals surface area contributed by atoms with Gasteiger partial charge < -0.3 is 4.74 Å². The molecule has 1 aromatic heterocycles. The van der Waals surface area contributed by atoms with Gasteiger partial charge in [0.2, 0.25) is 0 Å². The predicted octanol–water partition coefficient (Wildman–Crippen LogP) is 3.55. The molecular formula is C13H11ClN2O. The Labute approximate surface area is 105 Å². The maximum atomic E-state index is 8.89. The second kappa shape index (κ2) is 4.60. The molecule has 0 bridgehead atoms. The molecule has 0 fully saturated rings. The van der Waals surface area contributed by atoms with E-state index in [1.54, 1.807) is 6.07 Å². The van der Waals surface area contributed by atoms with Crippen molar-refractivity contribution in [1.29, 1.82) is 5.26 Å². The van der Waals surface area contributed by atoms with Crippen LogP contribution in [0.1, 0.15) is 19.4 Å². The summed E-state index contributed by atoms with van der Waals surface area (Å²) in [7, 11) is 0. The lowest BCUT2D eigenvalue weighted by Gasteiger charge is -2.10. The Bertz CT molecular complexity index is 602. The number of hydrogen-bond donors (Lipinski definition) is 0. The van der Waals surface area contributed by atoms with E-state index in [0.717, 1.165) is 16.7 Å². The fraction of sp³-hybridized carbons (Fsp3) is 0.231. The van der Waals surface area contributed by atoms with E-state index < -0.39 is 0 Å². The molecule has 2 rings (SSSR count). The minimum atomic E-state index is 0.114. The molecule has 0 aliphatic carbocycles. The summed E-state index contributed by atoms with van der Waals surface area (Å²) in [5, 5.41) is 9.97. The lowest BCUT2D eigenvalue weighted by Crippen LogP contribution is -2.05. The van der Waals surface area contributed by atoms with Gasteiger partial charge in [0.1, 0.15) is 17.0 Å². The average molecular weight is 247 g/mol. The van der Waals surface area contributed by atoms with Gasteiger partial charge in [0.15, 0.2) is 0 Å². The van der Waals surface area contributed by atoms with E-state index in [1.807, 2.05) is 38.1 Å². The molecule has 0 atom stereocenters. The van der Waals surface area contributed by atoms with Gasteiger partial charge >= 0.3 is 0 Å². The van der Waals surface area contributed by atoms with Crippen LogP contribution in [0.15, 0.2) is 24.3 Å². The van der Waals surface area contributed by atoms with Crippen LogP contribution in [-0.4, -0.2) is 11.1 Å². The summed E-state index contributed by atoms with van der Waals surface area (Å²) in [5.74, 6) is 0.764. The van der Waals surface area contributed by atoms with Gasteiger partial charge in [0.05, 0.1) is 17.2 Å². The molecule has 0 unspecified atom stereocenters. The SMILES string of the molecule is CC(C)Oc1ccc2nc(Cl)c(C#N)cc2c1. The summed E-state index contributed by atoms with van der Waals surface area (Å²) in [6.45, 7) is 3.93. The summed E-state index contributed by atoms with van der Waals surface area (Å²) in [4.78, 5) is 4.15. The Kier molecular flexibility index (Phi) is 3.16. The number of halogens is 1. The number of fused-ring (bicyclic) bond motifs is 1. The molecule has 0 saturated heterocycles. The quantitative estimate of drug-likeness (QED) is 0.762. The summed E-state index contributed by atoms with van der Waals surface area (Å²) in [6, 6.07) is 9.27. The molecule has 0 N–H and O–H groups in total. The topological polar surface area (TPSA) is 45.9 Å². The molecule has 17 heavy (non-hydrogen) atoms. The van der Waals surface area contributed by atoms with E-state index in [0.29, 0.717) is 5.56 Å². The van der Waals surface area contributed by atoms with Crippen LogP contribution in [0.2, 0.25) is 5.15 Å². The molecule has 4 heteroatoms. The first-order valence-corrected chi connectivity index (χ1v) is 5.65. The van der Waals surface area contributed by atoms with Gasteiger partial charge in [0, 0.05) is 5.39 Å². The monoisotopic (exact) mass is 246 g/mol. The maximum absolute atomic E-state index is 8.89. The smallest absolute Gasteiger partial charge is 0.147 e. The third kappa shape index (κ3) is 2.48. The number of benzene rings is 1. The van der Waals surface area contributed by atoms with Crippen LogP contribution in [0.4, 0.5) is 0 Å². The van der Waals surface area contributed by atoms with Crippen LogP contribution in [0.3, 0.4) is 0 Å². The number of hydrogen-bond acceptors (Lipinski definition) is 3. The van der Waals surface area contributed by atoms with Crippen LogP contribution >= 0.6 is 11.6 Å². The Morgan fingerprint density at radius 3 is 2.76 bits per heavy atom.